The second kappa shape index (κ2) is 7.07. The lowest BCUT2D eigenvalue weighted by molar-refractivity contribution is -0.166. The molecule has 0 unspecified atom stereocenters. The summed E-state index contributed by atoms with van der Waals surface area (Å²) in [6.45, 7) is -2.68. The van der Waals surface area contributed by atoms with E-state index in [2.05, 4.69) is 0 Å². The van der Waals surface area contributed by atoms with Crippen molar-refractivity contribution in [3.63, 3.8) is 0 Å². The van der Waals surface area contributed by atoms with Crippen LogP contribution in [0.15, 0.2) is 30.3 Å². The first kappa shape index (κ1) is 17.0. The van der Waals surface area contributed by atoms with E-state index in [4.69, 9.17) is 10.8 Å². The van der Waals surface area contributed by atoms with Crippen LogP contribution in [0.3, 0.4) is 0 Å². The van der Waals surface area contributed by atoms with Gasteiger partial charge in [0.1, 0.15) is 13.1 Å². The van der Waals surface area contributed by atoms with Crippen LogP contribution in [0, 0.1) is 0 Å². The molecule has 1 rings (SSSR count). The van der Waals surface area contributed by atoms with E-state index in [0.29, 0.717) is 5.56 Å². The van der Waals surface area contributed by atoms with E-state index in [1.807, 2.05) is 0 Å². The lowest BCUT2D eigenvalue weighted by Gasteiger charge is -2.25. The number of benzene rings is 1. The molecule has 0 bridgehead atoms. The summed E-state index contributed by atoms with van der Waals surface area (Å²) in [5, 5.41) is 8.60. The predicted octanol–water partition coefficient (Wildman–Crippen LogP) is 1.03. The third-order valence-electron chi connectivity index (χ3n) is 2.62. The first-order chi connectivity index (χ1) is 9.69. The van der Waals surface area contributed by atoms with Crippen molar-refractivity contribution in [1.29, 1.82) is 0 Å². The fourth-order valence-corrected chi connectivity index (χ4v) is 1.78. The first-order valence-corrected chi connectivity index (χ1v) is 6.06. The van der Waals surface area contributed by atoms with Gasteiger partial charge >= 0.3 is 12.1 Å². The summed E-state index contributed by atoms with van der Waals surface area (Å²) in [4.78, 5) is 22.7. The molecule has 0 spiro atoms. The van der Waals surface area contributed by atoms with Crippen molar-refractivity contribution in [2.45, 2.75) is 18.6 Å². The Morgan fingerprint density at radius 1 is 1.24 bits per heavy atom. The van der Waals surface area contributed by atoms with E-state index in [1.54, 1.807) is 30.3 Å². The van der Waals surface area contributed by atoms with Gasteiger partial charge in [0.15, 0.2) is 0 Å². The predicted molar refractivity (Wildman–Crippen MR) is 68.4 cm³/mol. The molecule has 0 radical (unpaired) electrons. The molecule has 0 fully saturated rings. The molecule has 0 aromatic heterocycles. The maximum Gasteiger partial charge on any atom is 0.406 e. The van der Waals surface area contributed by atoms with Crippen LogP contribution >= 0.6 is 0 Å². The number of carboxylic acid groups (broad SMARTS) is 1. The van der Waals surface area contributed by atoms with Crippen molar-refractivity contribution < 1.29 is 27.9 Å². The Balaban J connectivity index is 2.76. The fraction of sp³-hybridized carbons (Fsp3) is 0.385. The minimum Gasteiger partial charge on any atom is -0.480 e. The third-order valence-corrected chi connectivity index (χ3v) is 2.62. The van der Waals surface area contributed by atoms with Gasteiger partial charge in [-0.15, -0.1) is 0 Å². The number of alkyl halides is 3. The number of rotatable bonds is 6. The number of carboxylic acids is 1. The van der Waals surface area contributed by atoms with Crippen LogP contribution in [-0.4, -0.2) is 47.2 Å². The molecule has 8 heteroatoms. The standard InChI is InChI=1S/C13H15F3N2O3/c14-13(15,16)8-18(7-11(19)20)12(21)10(17)6-9-4-2-1-3-5-9/h1-5,10H,6-8,17H2,(H,19,20)/t10-/m1/s1. The summed E-state index contributed by atoms with van der Waals surface area (Å²) in [6.07, 6.45) is -4.65. The van der Waals surface area contributed by atoms with E-state index in [9.17, 15) is 22.8 Å². The highest BCUT2D eigenvalue weighted by molar-refractivity contribution is 5.85. The Labute approximate surface area is 119 Å². The zero-order chi connectivity index (χ0) is 16.0. The maximum absolute atomic E-state index is 12.4. The number of hydrogen-bond acceptors (Lipinski definition) is 3. The van der Waals surface area contributed by atoms with Gasteiger partial charge in [-0.25, -0.2) is 0 Å². The number of halogens is 3. The quantitative estimate of drug-likeness (QED) is 0.822. The second-order valence-electron chi connectivity index (χ2n) is 4.50. The number of hydrogen-bond donors (Lipinski definition) is 2. The highest BCUT2D eigenvalue weighted by Gasteiger charge is 2.35. The van der Waals surface area contributed by atoms with Crippen molar-refractivity contribution in [3.8, 4) is 0 Å². The van der Waals surface area contributed by atoms with Gasteiger partial charge in [-0.1, -0.05) is 30.3 Å². The molecule has 5 nitrogen and oxygen atoms in total. The average molecular weight is 304 g/mol. The molecule has 1 aromatic rings. The molecule has 1 amide bonds. The zero-order valence-corrected chi connectivity index (χ0v) is 11.0. The average Bonchev–Trinajstić information content (AvgIpc) is 2.36. The Kier molecular flexibility index (Phi) is 5.71. The van der Waals surface area contributed by atoms with Crippen LogP contribution < -0.4 is 5.73 Å². The lowest BCUT2D eigenvalue weighted by Crippen LogP contribution is -2.50. The van der Waals surface area contributed by atoms with E-state index in [0.717, 1.165) is 0 Å². The van der Waals surface area contributed by atoms with Gasteiger partial charge < -0.3 is 15.7 Å². The van der Waals surface area contributed by atoms with E-state index < -0.39 is 37.2 Å². The summed E-state index contributed by atoms with van der Waals surface area (Å²) in [6, 6.07) is 7.29. The van der Waals surface area contributed by atoms with Crippen molar-refractivity contribution in [2.75, 3.05) is 13.1 Å². The molecule has 0 saturated carbocycles. The molecule has 0 aliphatic rings. The van der Waals surface area contributed by atoms with Gasteiger partial charge in [-0.05, 0) is 12.0 Å². The van der Waals surface area contributed by atoms with Crippen molar-refractivity contribution in [3.05, 3.63) is 35.9 Å². The number of nitrogens with two attached hydrogens (primary N) is 1. The molecule has 0 saturated heterocycles. The molecule has 116 valence electrons. The number of carbonyl (C=O) groups excluding carboxylic acids is 1. The maximum atomic E-state index is 12.4. The van der Waals surface area contributed by atoms with Crippen LogP contribution in [0.5, 0.6) is 0 Å². The molecular weight excluding hydrogens is 289 g/mol. The molecule has 1 atom stereocenters. The van der Waals surface area contributed by atoms with E-state index in [-0.39, 0.29) is 11.3 Å². The van der Waals surface area contributed by atoms with E-state index >= 15 is 0 Å². The molecule has 0 heterocycles. The monoisotopic (exact) mass is 304 g/mol. The molecule has 3 N–H and O–H groups in total. The molecule has 1 aromatic carbocycles. The van der Waals surface area contributed by atoms with Gasteiger partial charge in [-0.3, -0.25) is 9.59 Å². The lowest BCUT2D eigenvalue weighted by atomic mass is 10.1. The van der Waals surface area contributed by atoms with Crippen LogP contribution in [0.4, 0.5) is 13.2 Å². The molecule has 0 aliphatic carbocycles. The largest absolute Gasteiger partial charge is 0.480 e. The number of nitrogens with zero attached hydrogens (tertiary/aromatic N) is 1. The van der Waals surface area contributed by atoms with Crippen LogP contribution in [0.2, 0.25) is 0 Å². The molecular formula is C13H15F3N2O3. The van der Waals surface area contributed by atoms with Gasteiger partial charge in [0.05, 0.1) is 6.04 Å². The van der Waals surface area contributed by atoms with E-state index in [1.165, 1.54) is 0 Å². The van der Waals surface area contributed by atoms with Gasteiger partial charge in [0.2, 0.25) is 5.91 Å². The third kappa shape index (κ3) is 6.26. The second-order valence-corrected chi connectivity index (χ2v) is 4.50. The summed E-state index contributed by atoms with van der Waals surface area (Å²) in [5.74, 6) is -2.57. The van der Waals surface area contributed by atoms with Crippen molar-refractivity contribution >= 4 is 11.9 Å². The number of carbonyl (C=O) groups is 2. The van der Waals surface area contributed by atoms with Gasteiger partial charge in [0.25, 0.3) is 0 Å². The summed E-state index contributed by atoms with van der Waals surface area (Å²) >= 11 is 0. The van der Waals surface area contributed by atoms with Gasteiger partial charge in [0, 0.05) is 0 Å². The molecule has 21 heavy (non-hydrogen) atoms. The smallest absolute Gasteiger partial charge is 0.406 e. The summed E-state index contributed by atoms with van der Waals surface area (Å²) < 4.78 is 37.1. The highest BCUT2D eigenvalue weighted by Crippen LogP contribution is 2.17. The fourth-order valence-electron chi connectivity index (χ4n) is 1.78. The molecule has 0 aliphatic heterocycles. The topological polar surface area (TPSA) is 83.6 Å². The van der Waals surface area contributed by atoms with Crippen molar-refractivity contribution in [2.24, 2.45) is 5.73 Å². The zero-order valence-electron chi connectivity index (χ0n) is 11.0. The Hall–Kier alpha value is -2.09. The van der Waals surface area contributed by atoms with Crippen LogP contribution in [-0.2, 0) is 16.0 Å². The van der Waals surface area contributed by atoms with Crippen molar-refractivity contribution in [1.82, 2.24) is 4.90 Å². The Bertz CT molecular complexity index is 491. The number of aliphatic carboxylic acids is 1. The Morgan fingerprint density at radius 3 is 2.29 bits per heavy atom. The normalized spacial score (nSPS) is 12.8. The van der Waals surface area contributed by atoms with Crippen LogP contribution in [0.25, 0.3) is 0 Å². The first-order valence-electron chi connectivity index (χ1n) is 6.06. The SMILES string of the molecule is N[C@H](Cc1ccccc1)C(=O)N(CC(=O)O)CC(F)(F)F. The van der Waals surface area contributed by atoms with Crippen LogP contribution in [0.1, 0.15) is 5.56 Å². The minimum absolute atomic E-state index is 0.0354. The Morgan fingerprint density at radius 2 is 1.81 bits per heavy atom. The minimum atomic E-state index is -4.68. The highest BCUT2D eigenvalue weighted by atomic mass is 19.4. The van der Waals surface area contributed by atoms with Gasteiger partial charge in [-0.2, -0.15) is 13.2 Å². The summed E-state index contributed by atoms with van der Waals surface area (Å²) in [7, 11) is 0. The summed E-state index contributed by atoms with van der Waals surface area (Å²) in [5.41, 5.74) is 6.27. The number of amides is 1.